The lowest BCUT2D eigenvalue weighted by atomic mass is 10.1. The zero-order valence-corrected chi connectivity index (χ0v) is 22.7. The number of aromatic nitrogens is 6. The maximum Gasteiger partial charge on any atom is 0.573 e. The average Bonchev–Trinajstić information content (AvgIpc) is 3.57. The van der Waals surface area contributed by atoms with E-state index >= 15 is 0 Å². The average molecular weight is 611 g/mol. The monoisotopic (exact) mass is 610 g/mol. The van der Waals surface area contributed by atoms with Crippen molar-refractivity contribution >= 4 is 28.3 Å². The molecule has 1 atom stereocenters. The SMILES string of the molecule is Cc1ccnc(CNC(=O)c2cn(CC(F)CCc3nnc(NC(=O)Cc4cc(OC(F)(F)F)ccc4F)s3)nn2)c1. The van der Waals surface area contributed by atoms with Crippen LogP contribution in [0.1, 0.15) is 38.7 Å². The van der Waals surface area contributed by atoms with Gasteiger partial charge in [-0.2, -0.15) is 0 Å². The fraction of sp³-hybridized carbons (Fsp3) is 0.320. The van der Waals surface area contributed by atoms with Crippen molar-refractivity contribution in [1.82, 2.24) is 35.5 Å². The first-order chi connectivity index (χ1) is 19.9. The van der Waals surface area contributed by atoms with Crippen LogP contribution in [0.3, 0.4) is 0 Å². The molecule has 4 rings (SSSR count). The zero-order valence-electron chi connectivity index (χ0n) is 21.9. The highest BCUT2D eigenvalue weighted by Gasteiger charge is 2.31. The van der Waals surface area contributed by atoms with Crippen LogP contribution >= 0.6 is 11.3 Å². The quantitative estimate of drug-likeness (QED) is 0.230. The second kappa shape index (κ2) is 13.4. The minimum Gasteiger partial charge on any atom is -0.406 e. The van der Waals surface area contributed by atoms with E-state index in [9.17, 15) is 31.5 Å². The van der Waals surface area contributed by atoms with Gasteiger partial charge in [0.25, 0.3) is 5.91 Å². The van der Waals surface area contributed by atoms with Crippen LogP contribution in [-0.4, -0.2) is 54.5 Å². The van der Waals surface area contributed by atoms with Crippen molar-refractivity contribution < 1.29 is 36.3 Å². The number of benzene rings is 1. The van der Waals surface area contributed by atoms with Crippen LogP contribution in [0.2, 0.25) is 0 Å². The van der Waals surface area contributed by atoms with Crippen LogP contribution in [0.15, 0.2) is 42.7 Å². The summed E-state index contributed by atoms with van der Waals surface area (Å²) in [7, 11) is 0. The molecule has 0 radical (unpaired) electrons. The third-order valence-corrected chi connectivity index (χ3v) is 6.44. The standard InChI is InChI=1S/C25H23F5N8O3S/c1-14-6-7-31-17(8-14)11-32-23(40)20-13-38(37-34-20)12-16(26)2-5-22-35-36-24(42-22)33-21(39)10-15-9-18(3-4-19(15)27)41-25(28,29)30/h3-4,6-9,13,16H,2,5,10-12H2,1H3,(H,32,40)(H,33,36,39). The summed E-state index contributed by atoms with van der Waals surface area (Å²) < 4.78 is 70.8. The van der Waals surface area contributed by atoms with Crippen LogP contribution < -0.4 is 15.4 Å². The number of aryl methyl sites for hydroxylation is 2. The minimum atomic E-state index is -4.96. The van der Waals surface area contributed by atoms with Crippen molar-refractivity contribution in [3.05, 3.63) is 76.1 Å². The van der Waals surface area contributed by atoms with Gasteiger partial charge in [0, 0.05) is 18.2 Å². The molecule has 0 aliphatic carbocycles. The predicted octanol–water partition coefficient (Wildman–Crippen LogP) is 3.95. The van der Waals surface area contributed by atoms with Gasteiger partial charge >= 0.3 is 6.36 Å². The molecule has 1 aromatic carbocycles. The van der Waals surface area contributed by atoms with E-state index in [1.807, 2.05) is 19.1 Å². The van der Waals surface area contributed by atoms with E-state index in [1.165, 1.54) is 10.9 Å². The van der Waals surface area contributed by atoms with E-state index in [0.717, 1.165) is 35.1 Å². The molecule has 3 heterocycles. The van der Waals surface area contributed by atoms with Crippen LogP contribution in [0.25, 0.3) is 0 Å². The molecule has 2 amide bonds. The maximum absolute atomic E-state index is 14.6. The number of ether oxygens (including phenoxy) is 1. The van der Waals surface area contributed by atoms with Crippen LogP contribution in [0.4, 0.5) is 27.1 Å². The lowest BCUT2D eigenvalue weighted by molar-refractivity contribution is -0.274. The Kier molecular flexibility index (Phi) is 9.72. The van der Waals surface area contributed by atoms with E-state index in [-0.39, 0.29) is 42.3 Å². The highest BCUT2D eigenvalue weighted by molar-refractivity contribution is 7.15. The number of pyridine rings is 1. The largest absolute Gasteiger partial charge is 0.573 e. The molecule has 0 saturated carbocycles. The number of nitrogens with zero attached hydrogens (tertiary/aromatic N) is 6. The third-order valence-electron chi connectivity index (χ3n) is 5.54. The first-order valence-electron chi connectivity index (χ1n) is 12.3. The molecule has 42 heavy (non-hydrogen) atoms. The number of halogens is 5. The summed E-state index contributed by atoms with van der Waals surface area (Å²) in [5, 5.41) is 20.8. The number of nitrogens with one attached hydrogen (secondary N) is 2. The normalized spacial score (nSPS) is 12.1. The van der Waals surface area contributed by atoms with Crippen LogP contribution in [0, 0.1) is 12.7 Å². The fourth-order valence-electron chi connectivity index (χ4n) is 3.65. The number of carbonyl (C=O) groups excluding carboxylic acids is 2. The number of rotatable bonds is 12. The summed E-state index contributed by atoms with van der Waals surface area (Å²) in [4.78, 5) is 28.8. The molecule has 0 aliphatic heterocycles. The first kappa shape index (κ1) is 30.4. The molecule has 0 bridgehead atoms. The number of alkyl halides is 4. The van der Waals surface area contributed by atoms with Crippen molar-refractivity contribution in [2.45, 2.75) is 51.8 Å². The van der Waals surface area contributed by atoms with E-state index in [2.05, 4.69) is 40.9 Å². The molecule has 222 valence electrons. The first-order valence-corrected chi connectivity index (χ1v) is 13.2. The molecule has 1 unspecified atom stereocenters. The number of anilines is 1. The molecule has 11 nitrogen and oxygen atoms in total. The Morgan fingerprint density at radius 3 is 2.71 bits per heavy atom. The van der Waals surface area contributed by atoms with Gasteiger partial charge in [-0.05, 0) is 49.2 Å². The molecule has 0 spiro atoms. The zero-order chi connectivity index (χ0) is 30.3. The molecular formula is C25H23F5N8O3S. The number of carbonyl (C=O) groups is 2. The molecular weight excluding hydrogens is 587 g/mol. The number of hydrogen-bond acceptors (Lipinski definition) is 9. The second-order valence-corrected chi connectivity index (χ2v) is 10.1. The molecule has 0 saturated heterocycles. The Bertz CT molecular complexity index is 1540. The Balaban J connectivity index is 1.21. The van der Waals surface area contributed by atoms with Crippen LogP contribution in [0.5, 0.6) is 5.75 Å². The summed E-state index contributed by atoms with van der Waals surface area (Å²) >= 11 is 0.967. The van der Waals surface area contributed by atoms with E-state index in [1.54, 1.807) is 6.20 Å². The van der Waals surface area contributed by atoms with Gasteiger partial charge < -0.3 is 15.4 Å². The predicted molar refractivity (Wildman–Crippen MR) is 139 cm³/mol. The summed E-state index contributed by atoms with van der Waals surface area (Å²) in [6, 6.07) is 6.01. The minimum absolute atomic E-state index is 0.0267. The van der Waals surface area contributed by atoms with Crippen LogP contribution in [-0.2, 0) is 30.7 Å². The highest BCUT2D eigenvalue weighted by Crippen LogP contribution is 2.25. The Labute approximate surface area is 239 Å². The molecule has 17 heteroatoms. The van der Waals surface area contributed by atoms with Gasteiger partial charge in [-0.1, -0.05) is 16.6 Å². The van der Waals surface area contributed by atoms with Gasteiger partial charge in [-0.15, -0.1) is 28.5 Å². The summed E-state index contributed by atoms with van der Waals surface area (Å²) in [6.07, 6.45) is -3.74. The van der Waals surface area contributed by atoms with E-state index < -0.39 is 42.3 Å². The second-order valence-electron chi connectivity index (χ2n) is 9.00. The lowest BCUT2D eigenvalue weighted by Gasteiger charge is -2.10. The summed E-state index contributed by atoms with van der Waals surface area (Å²) in [5.41, 5.74) is 1.40. The van der Waals surface area contributed by atoms with Gasteiger partial charge in [0.2, 0.25) is 11.0 Å². The van der Waals surface area contributed by atoms with Crippen molar-refractivity contribution in [2.24, 2.45) is 0 Å². The van der Waals surface area contributed by atoms with E-state index in [4.69, 9.17) is 0 Å². The van der Waals surface area contributed by atoms with Gasteiger partial charge in [0.1, 0.15) is 22.7 Å². The van der Waals surface area contributed by atoms with Gasteiger partial charge in [0.05, 0.1) is 31.4 Å². The van der Waals surface area contributed by atoms with Crippen molar-refractivity contribution in [1.29, 1.82) is 0 Å². The Hall–Kier alpha value is -4.54. The summed E-state index contributed by atoms with van der Waals surface area (Å²) in [6.45, 7) is 1.94. The third kappa shape index (κ3) is 9.25. The van der Waals surface area contributed by atoms with Crippen molar-refractivity contribution in [3.8, 4) is 5.75 Å². The molecule has 0 fully saturated rings. The topological polar surface area (TPSA) is 137 Å². The Morgan fingerprint density at radius 2 is 1.95 bits per heavy atom. The molecule has 3 aromatic heterocycles. The van der Waals surface area contributed by atoms with Gasteiger partial charge in [-0.3, -0.25) is 14.6 Å². The smallest absolute Gasteiger partial charge is 0.406 e. The number of amides is 2. The molecule has 4 aromatic rings. The number of hydrogen-bond donors (Lipinski definition) is 2. The van der Waals surface area contributed by atoms with Gasteiger partial charge in [0.15, 0.2) is 5.69 Å². The molecule has 2 N–H and O–H groups in total. The lowest BCUT2D eigenvalue weighted by Crippen LogP contribution is -2.23. The maximum atomic E-state index is 14.6. The Morgan fingerprint density at radius 1 is 1.14 bits per heavy atom. The fourth-order valence-corrected chi connectivity index (χ4v) is 4.42. The molecule has 0 aliphatic rings. The van der Waals surface area contributed by atoms with Gasteiger partial charge in [-0.25, -0.2) is 13.5 Å². The summed E-state index contributed by atoms with van der Waals surface area (Å²) in [5.74, 6) is -2.77. The highest BCUT2D eigenvalue weighted by atomic mass is 32.1. The van der Waals surface area contributed by atoms with E-state index in [0.29, 0.717) is 10.7 Å². The van der Waals surface area contributed by atoms with Crippen molar-refractivity contribution in [3.63, 3.8) is 0 Å². The van der Waals surface area contributed by atoms with Crippen molar-refractivity contribution in [2.75, 3.05) is 5.32 Å².